The van der Waals surface area contributed by atoms with Gasteiger partial charge in [-0.05, 0) is 12.1 Å². The van der Waals surface area contributed by atoms with Crippen molar-refractivity contribution < 1.29 is 38.3 Å². The summed E-state index contributed by atoms with van der Waals surface area (Å²) in [6.07, 6.45) is -1.26. The van der Waals surface area contributed by atoms with Crippen LogP contribution >= 0.6 is 0 Å². The van der Waals surface area contributed by atoms with E-state index >= 15 is 0 Å². The summed E-state index contributed by atoms with van der Waals surface area (Å²) in [7, 11) is 0. The van der Waals surface area contributed by atoms with Gasteiger partial charge in [-0.2, -0.15) is 0 Å². The monoisotopic (exact) mass is 247 g/mol. The second-order valence-corrected chi connectivity index (χ2v) is 2.88. The number of carboxylic acid groups (broad SMARTS) is 1. The molecule has 15 heavy (non-hydrogen) atoms. The van der Waals surface area contributed by atoms with Crippen LogP contribution in [0.3, 0.4) is 0 Å². The maximum Gasteiger partial charge on any atom is 0.306 e. The molecule has 81 valence electrons. The van der Waals surface area contributed by atoms with Gasteiger partial charge in [0.15, 0.2) is 0 Å². The van der Waals surface area contributed by atoms with Crippen molar-refractivity contribution in [1.82, 2.24) is 0 Å². The number of rotatable bonds is 5. The maximum atomic E-state index is 10.2. The van der Waals surface area contributed by atoms with Gasteiger partial charge >= 0.3 is 5.97 Å². The van der Waals surface area contributed by atoms with Crippen LogP contribution in [-0.2, 0) is 23.4 Å². The maximum absolute atomic E-state index is 10.2. The molecule has 0 aromatic heterocycles. The molecule has 0 fully saturated rings. The Morgan fingerprint density at radius 1 is 1.33 bits per heavy atom. The Morgan fingerprint density at radius 3 is 2.47 bits per heavy atom. The molecule has 1 radical (unpaired) electrons. The normalized spacial score (nSPS) is 11.3. The number of benzene rings is 1. The van der Waals surface area contributed by atoms with Gasteiger partial charge in [0.1, 0.15) is 12.4 Å². The van der Waals surface area contributed by atoms with Gasteiger partial charge in [0.2, 0.25) is 0 Å². The van der Waals surface area contributed by atoms with Crippen LogP contribution in [0.15, 0.2) is 30.3 Å². The average molecular weight is 247 g/mol. The Hall–Kier alpha value is -0.966. The number of aliphatic hydroxyl groups excluding tert-OH is 1. The Kier molecular flexibility index (Phi) is 6.87. The molecule has 5 heteroatoms. The van der Waals surface area contributed by atoms with E-state index in [2.05, 4.69) is 0 Å². The smallest absolute Gasteiger partial charge is 0.306 e. The van der Waals surface area contributed by atoms with Crippen molar-refractivity contribution in [3.05, 3.63) is 30.3 Å². The molecule has 1 aromatic carbocycles. The van der Waals surface area contributed by atoms with Crippen LogP contribution in [0.1, 0.15) is 6.42 Å². The fourth-order valence-corrected chi connectivity index (χ4v) is 0.970. The number of ether oxygens (including phenoxy) is 1. The van der Waals surface area contributed by atoms with Crippen molar-refractivity contribution in [2.24, 2.45) is 0 Å². The minimum atomic E-state index is -1.03. The van der Waals surface area contributed by atoms with Crippen LogP contribution in [0.2, 0.25) is 0 Å². The van der Waals surface area contributed by atoms with Gasteiger partial charge in [0, 0.05) is 18.6 Å². The summed E-state index contributed by atoms with van der Waals surface area (Å²) in [4.78, 5) is 10.2. The third-order valence-corrected chi connectivity index (χ3v) is 1.60. The molecule has 0 saturated heterocycles. The summed E-state index contributed by atoms with van der Waals surface area (Å²) in [6.45, 7) is -0.00366. The van der Waals surface area contributed by atoms with Crippen molar-refractivity contribution >= 4 is 5.97 Å². The van der Waals surface area contributed by atoms with E-state index in [4.69, 9.17) is 9.84 Å². The summed E-state index contributed by atoms with van der Waals surface area (Å²) >= 11 is 0. The molecule has 0 aliphatic heterocycles. The largest absolute Gasteiger partial charge is 0.491 e. The molecule has 1 rings (SSSR count). The van der Waals surface area contributed by atoms with E-state index in [1.165, 1.54) is 0 Å². The van der Waals surface area contributed by atoms with Crippen LogP contribution in [0.25, 0.3) is 0 Å². The van der Waals surface area contributed by atoms with E-state index in [1.54, 1.807) is 24.3 Å². The number of para-hydroxylation sites is 1. The molecule has 0 aliphatic rings. The topological polar surface area (TPSA) is 66.8 Å². The Morgan fingerprint density at radius 2 is 1.93 bits per heavy atom. The third kappa shape index (κ3) is 6.17. The van der Waals surface area contributed by atoms with Crippen molar-refractivity contribution in [1.29, 1.82) is 0 Å². The van der Waals surface area contributed by atoms with Crippen LogP contribution in [0.4, 0.5) is 0 Å². The first kappa shape index (κ1) is 14.0. The summed E-state index contributed by atoms with van der Waals surface area (Å²) in [5.41, 5.74) is 0. The van der Waals surface area contributed by atoms with Gasteiger partial charge in [-0.25, -0.2) is 0 Å². The van der Waals surface area contributed by atoms with E-state index in [0.29, 0.717) is 5.75 Å². The van der Waals surface area contributed by atoms with E-state index in [-0.39, 0.29) is 31.6 Å². The number of carbonyl (C=O) groups is 1. The molecule has 1 aromatic rings. The van der Waals surface area contributed by atoms with Crippen molar-refractivity contribution in [2.45, 2.75) is 12.5 Å². The number of carboxylic acids is 1. The van der Waals surface area contributed by atoms with Gasteiger partial charge in [-0.1, -0.05) is 18.2 Å². The number of aliphatic carboxylic acids is 1. The zero-order chi connectivity index (χ0) is 10.4. The molecule has 0 amide bonds. The Balaban J connectivity index is 0.00000196. The molecular weight excluding hydrogens is 235 g/mol. The van der Waals surface area contributed by atoms with Gasteiger partial charge < -0.3 is 14.9 Å². The second kappa shape index (κ2) is 7.34. The Labute approximate surface area is 99.8 Å². The molecule has 0 bridgehead atoms. The summed E-state index contributed by atoms with van der Waals surface area (Å²) in [5.74, 6) is -0.411. The molecular formula is C10H12O4V. The Bertz CT molecular complexity index is 289. The van der Waals surface area contributed by atoms with Crippen LogP contribution < -0.4 is 4.74 Å². The standard InChI is InChI=1S/C10H12O4.V/c11-8(6-10(12)13)7-14-9-4-2-1-3-5-9;/h1-5,8,11H,6-7H2,(H,12,13);. The quantitative estimate of drug-likeness (QED) is 0.811. The zero-order valence-corrected chi connectivity index (χ0v) is 9.43. The van der Waals surface area contributed by atoms with E-state index < -0.39 is 12.1 Å². The van der Waals surface area contributed by atoms with Crippen molar-refractivity contribution in [3.63, 3.8) is 0 Å². The van der Waals surface area contributed by atoms with Gasteiger partial charge in [0.25, 0.3) is 0 Å². The fraction of sp³-hybridized carbons (Fsp3) is 0.300. The number of hydrogen-bond donors (Lipinski definition) is 2. The summed E-state index contributed by atoms with van der Waals surface area (Å²) in [6, 6.07) is 8.94. The molecule has 1 unspecified atom stereocenters. The number of aliphatic hydroxyl groups is 1. The van der Waals surface area contributed by atoms with Gasteiger partial charge in [-0.15, -0.1) is 0 Å². The molecule has 0 aliphatic carbocycles. The minimum Gasteiger partial charge on any atom is -0.491 e. The molecule has 4 nitrogen and oxygen atoms in total. The molecule has 0 saturated carbocycles. The molecule has 0 heterocycles. The predicted molar refractivity (Wildman–Crippen MR) is 50.2 cm³/mol. The minimum absolute atomic E-state index is 0. The van der Waals surface area contributed by atoms with Crippen LogP contribution in [0.5, 0.6) is 5.75 Å². The average Bonchev–Trinajstić information content (AvgIpc) is 2.15. The molecule has 2 N–H and O–H groups in total. The van der Waals surface area contributed by atoms with Gasteiger partial charge in [-0.3, -0.25) is 4.79 Å². The van der Waals surface area contributed by atoms with E-state index in [1.807, 2.05) is 6.07 Å². The first-order valence-corrected chi connectivity index (χ1v) is 4.26. The third-order valence-electron chi connectivity index (χ3n) is 1.60. The zero-order valence-electron chi connectivity index (χ0n) is 8.04. The first-order chi connectivity index (χ1) is 6.68. The van der Waals surface area contributed by atoms with Crippen molar-refractivity contribution in [2.75, 3.05) is 6.61 Å². The van der Waals surface area contributed by atoms with Gasteiger partial charge in [0.05, 0.1) is 12.5 Å². The van der Waals surface area contributed by atoms with Crippen LogP contribution in [0, 0.1) is 0 Å². The van der Waals surface area contributed by atoms with Crippen molar-refractivity contribution in [3.8, 4) is 5.75 Å². The summed E-state index contributed by atoms with van der Waals surface area (Å²) in [5, 5.41) is 17.5. The molecule has 1 atom stereocenters. The number of hydrogen-bond acceptors (Lipinski definition) is 3. The summed E-state index contributed by atoms with van der Waals surface area (Å²) < 4.78 is 5.16. The van der Waals surface area contributed by atoms with Crippen LogP contribution in [-0.4, -0.2) is 28.9 Å². The molecule has 0 spiro atoms. The second-order valence-electron chi connectivity index (χ2n) is 2.88. The van der Waals surface area contributed by atoms with E-state index in [0.717, 1.165) is 0 Å². The predicted octanol–water partition coefficient (Wildman–Crippen LogP) is 0.899. The SMILES string of the molecule is O=C(O)CC(O)COc1ccccc1.[V]. The first-order valence-electron chi connectivity index (χ1n) is 4.26. The van der Waals surface area contributed by atoms with E-state index in [9.17, 15) is 9.90 Å². The fourth-order valence-electron chi connectivity index (χ4n) is 0.970.